The molecule has 2 heterocycles. The fraction of sp³-hybridized carbons (Fsp3) is 0.667. The van der Waals surface area contributed by atoms with E-state index in [1.54, 1.807) is 18.4 Å². The number of nitrogens with zero attached hydrogens (tertiary/aromatic N) is 3. The lowest BCUT2D eigenvalue weighted by Gasteiger charge is -2.34. The molecule has 100 valence electrons. The van der Waals surface area contributed by atoms with Gasteiger partial charge >= 0.3 is 0 Å². The average molecular weight is 268 g/mol. The van der Waals surface area contributed by atoms with E-state index in [1.807, 2.05) is 11.1 Å². The first-order valence-electron chi connectivity index (χ1n) is 6.36. The number of likely N-dealkylation sites (N-methyl/N-ethyl adjacent to an activating group) is 1. The molecular weight excluding hydrogens is 248 g/mol. The predicted molar refractivity (Wildman–Crippen MR) is 74.2 cm³/mol. The summed E-state index contributed by atoms with van der Waals surface area (Å²) in [6.07, 6.45) is 3.00. The maximum absolute atomic E-state index is 11.7. The summed E-state index contributed by atoms with van der Waals surface area (Å²) in [7, 11) is 1.80. The second kappa shape index (κ2) is 6.15. The third kappa shape index (κ3) is 3.00. The minimum Gasteiger partial charge on any atom is -0.345 e. The molecule has 2 rings (SSSR count). The molecule has 1 fully saturated rings. The zero-order valence-electron chi connectivity index (χ0n) is 11.0. The van der Waals surface area contributed by atoms with Gasteiger partial charge in [0.25, 0.3) is 0 Å². The minimum absolute atomic E-state index is 0.186. The number of carbonyl (C=O) groups is 1. The van der Waals surface area contributed by atoms with Crippen LogP contribution in [0.3, 0.4) is 0 Å². The maximum atomic E-state index is 11.7. The van der Waals surface area contributed by atoms with E-state index in [0.29, 0.717) is 6.54 Å². The molecule has 0 unspecified atom stereocenters. The molecule has 0 aromatic carbocycles. The van der Waals surface area contributed by atoms with Crippen molar-refractivity contribution in [2.45, 2.75) is 13.3 Å². The van der Waals surface area contributed by atoms with E-state index in [9.17, 15) is 4.79 Å². The normalized spacial score (nSPS) is 16.1. The van der Waals surface area contributed by atoms with Gasteiger partial charge in [-0.05, 0) is 13.5 Å². The van der Waals surface area contributed by atoms with Crippen molar-refractivity contribution in [1.29, 1.82) is 0 Å². The van der Waals surface area contributed by atoms with Crippen LogP contribution in [0.2, 0.25) is 0 Å². The first kappa shape index (κ1) is 13.3. The van der Waals surface area contributed by atoms with Gasteiger partial charge in [0.05, 0.1) is 6.54 Å². The van der Waals surface area contributed by atoms with Crippen molar-refractivity contribution in [3.8, 4) is 0 Å². The van der Waals surface area contributed by atoms with Gasteiger partial charge in [0.2, 0.25) is 5.91 Å². The third-order valence-electron chi connectivity index (χ3n) is 3.12. The quantitative estimate of drug-likeness (QED) is 0.867. The van der Waals surface area contributed by atoms with Crippen LogP contribution in [0.25, 0.3) is 0 Å². The Labute approximate surface area is 112 Å². The number of nitrogens with one attached hydrogen (secondary N) is 1. The number of amides is 1. The Hall–Kier alpha value is -1.14. The standard InChI is InChI=1S/C12H20N4OS/c1-3-10-8-14-12(18-10)16-6-4-15(5-7-16)11(17)9-13-2/h8,13H,3-7,9H2,1-2H3. The highest BCUT2D eigenvalue weighted by molar-refractivity contribution is 7.15. The van der Waals surface area contributed by atoms with Gasteiger partial charge in [-0.25, -0.2) is 4.98 Å². The van der Waals surface area contributed by atoms with Gasteiger partial charge < -0.3 is 15.1 Å². The summed E-state index contributed by atoms with van der Waals surface area (Å²) in [5, 5.41) is 3.99. The number of anilines is 1. The van der Waals surface area contributed by atoms with E-state index < -0.39 is 0 Å². The number of hydrogen-bond donors (Lipinski definition) is 1. The van der Waals surface area contributed by atoms with Crippen LogP contribution in [0.4, 0.5) is 5.13 Å². The van der Waals surface area contributed by atoms with Gasteiger partial charge in [-0.1, -0.05) is 6.92 Å². The Morgan fingerprint density at radius 2 is 2.17 bits per heavy atom. The van der Waals surface area contributed by atoms with E-state index in [0.717, 1.165) is 37.7 Å². The average Bonchev–Trinajstić information content (AvgIpc) is 2.88. The molecular formula is C12H20N4OS. The lowest BCUT2D eigenvalue weighted by Crippen LogP contribution is -2.50. The number of thiazole rings is 1. The van der Waals surface area contributed by atoms with Gasteiger partial charge in [-0.3, -0.25) is 4.79 Å². The summed E-state index contributed by atoms with van der Waals surface area (Å²) in [4.78, 5) is 21.7. The molecule has 0 aliphatic carbocycles. The van der Waals surface area contributed by atoms with E-state index in [-0.39, 0.29) is 5.91 Å². The lowest BCUT2D eigenvalue weighted by molar-refractivity contribution is -0.130. The molecule has 18 heavy (non-hydrogen) atoms. The lowest BCUT2D eigenvalue weighted by atomic mass is 10.3. The second-order valence-electron chi connectivity index (χ2n) is 4.36. The van der Waals surface area contributed by atoms with Crippen LogP contribution >= 0.6 is 11.3 Å². The maximum Gasteiger partial charge on any atom is 0.236 e. The van der Waals surface area contributed by atoms with Crippen molar-refractivity contribution in [2.24, 2.45) is 0 Å². The molecule has 1 saturated heterocycles. The first-order chi connectivity index (χ1) is 8.74. The van der Waals surface area contributed by atoms with Crippen LogP contribution in [0.5, 0.6) is 0 Å². The highest BCUT2D eigenvalue weighted by atomic mass is 32.1. The summed E-state index contributed by atoms with van der Waals surface area (Å²) >= 11 is 1.76. The fourth-order valence-corrected chi connectivity index (χ4v) is 2.92. The van der Waals surface area contributed by atoms with Gasteiger partial charge in [0.1, 0.15) is 0 Å². The van der Waals surface area contributed by atoms with Gasteiger partial charge in [-0.2, -0.15) is 0 Å². The van der Waals surface area contributed by atoms with E-state index in [1.165, 1.54) is 4.88 Å². The zero-order valence-corrected chi connectivity index (χ0v) is 11.8. The minimum atomic E-state index is 0.186. The number of aromatic nitrogens is 1. The molecule has 5 nitrogen and oxygen atoms in total. The molecule has 1 aromatic rings. The monoisotopic (exact) mass is 268 g/mol. The highest BCUT2D eigenvalue weighted by Gasteiger charge is 2.22. The van der Waals surface area contributed by atoms with Crippen molar-refractivity contribution in [2.75, 3.05) is 44.7 Å². The molecule has 0 bridgehead atoms. The van der Waals surface area contributed by atoms with E-state index in [4.69, 9.17) is 0 Å². The largest absolute Gasteiger partial charge is 0.345 e. The van der Waals surface area contributed by atoms with Crippen LogP contribution in [0.15, 0.2) is 6.20 Å². The SMILES string of the molecule is CCc1cnc(N2CCN(C(=O)CNC)CC2)s1. The Morgan fingerprint density at radius 3 is 2.72 bits per heavy atom. The Balaban J connectivity index is 1.88. The molecule has 1 aliphatic rings. The molecule has 1 aliphatic heterocycles. The van der Waals surface area contributed by atoms with E-state index >= 15 is 0 Å². The van der Waals surface area contributed by atoms with Gasteiger partial charge in [0.15, 0.2) is 5.13 Å². The molecule has 6 heteroatoms. The number of hydrogen-bond acceptors (Lipinski definition) is 5. The van der Waals surface area contributed by atoms with Crippen molar-refractivity contribution in [3.05, 3.63) is 11.1 Å². The zero-order chi connectivity index (χ0) is 13.0. The predicted octanol–water partition coefficient (Wildman–Crippen LogP) is 0.573. The molecule has 1 N–H and O–H groups in total. The summed E-state index contributed by atoms with van der Waals surface area (Å²) < 4.78 is 0. The molecule has 0 atom stereocenters. The van der Waals surface area contributed by atoms with Gasteiger partial charge in [0, 0.05) is 37.3 Å². The topological polar surface area (TPSA) is 48.5 Å². The van der Waals surface area contributed by atoms with Crippen molar-refractivity contribution < 1.29 is 4.79 Å². The molecule has 0 spiro atoms. The van der Waals surface area contributed by atoms with Gasteiger partial charge in [-0.15, -0.1) is 11.3 Å². The van der Waals surface area contributed by atoms with Crippen LogP contribution in [0.1, 0.15) is 11.8 Å². The number of piperazine rings is 1. The summed E-state index contributed by atoms with van der Waals surface area (Å²) in [6.45, 7) is 5.92. The molecule has 1 amide bonds. The molecule has 0 radical (unpaired) electrons. The second-order valence-corrected chi connectivity index (χ2v) is 5.45. The van der Waals surface area contributed by atoms with Crippen LogP contribution < -0.4 is 10.2 Å². The van der Waals surface area contributed by atoms with Crippen molar-refractivity contribution in [1.82, 2.24) is 15.2 Å². The summed E-state index contributed by atoms with van der Waals surface area (Å²) in [5.74, 6) is 0.186. The number of aryl methyl sites for hydroxylation is 1. The third-order valence-corrected chi connectivity index (χ3v) is 4.32. The highest BCUT2D eigenvalue weighted by Crippen LogP contribution is 2.23. The Morgan fingerprint density at radius 1 is 1.44 bits per heavy atom. The first-order valence-corrected chi connectivity index (χ1v) is 7.18. The Bertz CT molecular complexity index is 399. The summed E-state index contributed by atoms with van der Waals surface area (Å²) in [5.41, 5.74) is 0. The molecule has 0 saturated carbocycles. The van der Waals surface area contributed by atoms with E-state index in [2.05, 4.69) is 22.1 Å². The van der Waals surface area contributed by atoms with Crippen LogP contribution in [-0.2, 0) is 11.2 Å². The number of carbonyl (C=O) groups excluding carboxylic acids is 1. The van der Waals surface area contributed by atoms with Crippen LogP contribution in [0, 0.1) is 0 Å². The Kier molecular flexibility index (Phi) is 4.54. The van der Waals surface area contributed by atoms with Crippen molar-refractivity contribution in [3.63, 3.8) is 0 Å². The smallest absolute Gasteiger partial charge is 0.236 e. The molecule has 1 aromatic heterocycles. The fourth-order valence-electron chi connectivity index (χ4n) is 2.02. The summed E-state index contributed by atoms with van der Waals surface area (Å²) in [6, 6.07) is 0. The van der Waals surface area contributed by atoms with Crippen molar-refractivity contribution >= 4 is 22.4 Å². The number of rotatable bonds is 4. The van der Waals surface area contributed by atoms with Crippen LogP contribution in [-0.4, -0.2) is 55.6 Å².